The Bertz CT molecular complexity index is 747. The van der Waals surface area contributed by atoms with Gasteiger partial charge in [-0.25, -0.2) is 4.79 Å². The first-order valence-corrected chi connectivity index (χ1v) is 7.98. The smallest absolute Gasteiger partial charge is 0.358 e. The monoisotopic (exact) mass is 351 g/mol. The summed E-state index contributed by atoms with van der Waals surface area (Å²) in [5.74, 6) is -1.34. The van der Waals surface area contributed by atoms with E-state index in [4.69, 9.17) is 10.5 Å². The fraction of sp³-hybridized carbons (Fsp3) is 0.286. The summed E-state index contributed by atoms with van der Waals surface area (Å²) in [4.78, 5) is 35.2. The number of fused-ring (bicyclic) bond motifs is 1. The van der Waals surface area contributed by atoms with E-state index < -0.39 is 22.8 Å². The number of amides is 1. The van der Waals surface area contributed by atoms with Gasteiger partial charge in [-0.15, -0.1) is 11.8 Å². The first kappa shape index (κ1) is 16.3. The van der Waals surface area contributed by atoms with Gasteiger partial charge in [0.1, 0.15) is 23.8 Å². The largest absolute Gasteiger partial charge is 0.509 e. The van der Waals surface area contributed by atoms with Gasteiger partial charge in [-0.3, -0.25) is 19.8 Å². The van der Waals surface area contributed by atoms with E-state index >= 15 is 0 Å². The molecule has 1 aromatic rings. The summed E-state index contributed by atoms with van der Waals surface area (Å²) in [7, 11) is 0. The van der Waals surface area contributed by atoms with Crippen molar-refractivity contribution >= 4 is 29.3 Å². The van der Waals surface area contributed by atoms with Gasteiger partial charge in [0, 0.05) is 12.1 Å². The van der Waals surface area contributed by atoms with Crippen LogP contribution in [0.15, 0.2) is 35.7 Å². The topological polar surface area (TPSA) is 136 Å². The molecule has 0 spiro atoms. The highest BCUT2D eigenvalue weighted by Crippen LogP contribution is 2.38. The van der Waals surface area contributed by atoms with Crippen molar-refractivity contribution < 1.29 is 24.4 Å². The number of ether oxygens (including phenoxy) is 1. The SMILES string of the molecule is N[C@@H]1C(=O)N2C(C(=O)OCc3ccc([N+](=O)[O-])cc3)=C(O)CSC12. The van der Waals surface area contributed by atoms with Gasteiger partial charge in [-0.2, -0.15) is 0 Å². The first-order chi connectivity index (χ1) is 11.4. The lowest BCUT2D eigenvalue weighted by Gasteiger charge is -2.47. The number of carbonyl (C=O) groups is 2. The summed E-state index contributed by atoms with van der Waals surface area (Å²) >= 11 is 1.27. The number of hydrogen-bond donors (Lipinski definition) is 2. The average Bonchev–Trinajstić information content (AvgIpc) is 2.59. The van der Waals surface area contributed by atoms with Gasteiger partial charge in [0.25, 0.3) is 5.69 Å². The lowest BCUT2D eigenvalue weighted by molar-refractivity contribution is -0.384. The van der Waals surface area contributed by atoms with Crippen molar-refractivity contribution in [2.24, 2.45) is 5.73 Å². The van der Waals surface area contributed by atoms with Crippen LogP contribution in [-0.2, 0) is 20.9 Å². The number of nitrogens with two attached hydrogens (primary N) is 1. The second kappa shape index (κ2) is 6.13. The number of nitro groups is 1. The minimum atomic E-state index is -0.837. The number of nitro benzene ring substituents is 1. The molecule has 2 atom stereocenters. The molecule has 9 nitrogen and oxygen atoms in total. The molecule has 10 heteroatoms. The lowest BCUT2D eigenvalue weighted by Crippen LogP contribution is -2.68. The summed E-state index contributed by atoms with van der Waals surface area (Å²) in [6.45, 7) is -0.139. The molecule has 2 aliphatic heterocycles. The van der Waals surface area contributed by atoms with Crippen molar-refractivity contribution in [3.05, 3.63) is 51.4 Å². The molecule has 2 heterocycles. The number of benzene rings is 1. The van der Waals surface area contributed by atoms with Crippen molar-refractivity contribution in [1.82, 2.24) is 4.90 Å². The summed E-state index contributed by atoms with van der Waals surface area (Å²) < 4.78 is 5.10. The van der Waals surface area contributed by atoms with Crippen LogP contribution in [0.3, 0.4) is 0 Å². The van der Waals surface area contributed by atoms with Crippen molar-refractivity contribution in [2.45, 2.75) is 18.0 Å². The molecule has 0 aliphatic carbocycles. The van der Waals surface area contributed by atoms with Crippen LogP contribution in [0.4, 0.5) is 5.69 Å². The van der Waals surface area contributed by atoms with Crippen molar-refractivity contribution in [1.29, 1.82) is 0 Å². The Kier molecular flexibility index (Phi) is 4.16. The maximum Gasteiger partial charge on any atom is 0.358 e. The zero-order chi connectivity index (χ0) is 17.4. The number of rotatable bonds is 4. The Morgan fingerprint density at radius 2 is 2.12 bits per heavy atom. The molecule has 2 aliphatic rings. The van der Waals surface area contributed by atoms with Gasteiger partial charge >= 0.3 is 5.97 Å². The van der Waals surface area contributed by atoms with Gasteiger partial charge in [-0.1, -0.05) is 0 Å². The molecule has 1 saturated heterocycles. The van der Waals surface area contributed by atoms with Crippen LogP contribution in [-0.4, -0.2) is 44.0 Å². The van der Waals surface area contributed by atoms with Crippen LogP contribution in [0.2, 0.25) is 0 Å². The number of non-ortho nitro benzene ring substituents is 1. The second-order valence-electron chi connectivity index (χ2n) is 5.23. The second-order valence-corrected chi connectivity index (χ2v) is 6.34. The molecular weight excluding hydrogens is 338 g/mol. The Labute approximate surface area is 140 Å². The standard InChI is InChI=1S/C14H13N3O6S/c15-10-12(19)16-11(9(18)6-24-13(10)16)14(20)23-5-7-1-3-8(4-2-7)17(21)22/h1-4,10,13,18H,5-6,15H2/t10-,13?/m1/s1. The number of thioether (sulfide) groups is 1. The molecule has 3 N–H and O–H groups in total. The highest BCUT2D eigenvalue weighted by molar-refractivity contribution is 8.00. The average molecular weight is 351 g/mol. The summed E-state index contributed by atoms with van der Waals surface area (Å²) in [6.07, 6.45) is 0. The first-order valence-electron chi connectivity index (χ1n) is 6.93. The maximum atomic E-state index is 12.2. The van der Waals surface area contributed by atoms with Crippen LogP contribution < -0.4 is 5.73 Å². The number of nitrogens with zero attached hydrogens (tertiary/aromatic N) is 2. The van der Waals surface area contributed by atoms with E-state index in [0.29, 0.717) is 5.56 Å². The van der Waals surface area contributed by atoms with Gasteiger partial charge < -0.3 is 15.6 Å². The number of esters is 1. The maximum absolute atomic E-state index is 12.2. The van der Waals surface area contributed by atoms with Crippen LogP contribution in [0.1, 0.15) is 5.56 Å². The molecule has 24 heavy (non-hydrogen) atoms. The zero-order valence-electron chi connectivity index (χ0n) is 12.2. The molecule has 1 aromatic carbocycles. The summed E-state index contributed by atoms with van der Waals surface area (Å²) in [5.41, 5.74) is 5.95. The third-order valence-corrected chi connectivity index (χ3v) is 4.99. The van der Waals surface area contributed by atoms with Crippen molar-refractivity contribution in [2.75, 3.05) is 5.75 Å². The predicted molar refractivity (Wildman–Crippen MR) is 83.6 cm³/mol. The molecule has 126 valence electrons. The van der Waals surface area contributed by atoms with Crippen LogP contribution in [0, 0.1) is 10.1 Å². The zero-order valence-corrected chi connectivity index (χ0v) is 13.1. The van der Waals surface area contributed by atoms with E-state index in [0.717, 1.165) is 4.90 Å². The molecule has 1 fully saturated rings. The Morgan fingerprint density at radius 1 is 1.46 bits per heavy atom. The van der Waals surface area contributed by atoms with E-state index in [1.165, 1.54) is 36.0 Å². The van der Waals surface area contributed by atoms with Crippen molar-refractivity contribution in [3.63, 3.8) is 0 Å². The molecule has 1 amide bonds. The fourth-order valence-corrected chi connectivity index (χ4v) is 3.57. The number of aliphatic hydroxyl groups excluding tert-OH is 1. The highest BCUT2D eigenvalue weighted by Gasteiger charge is 2.52. The Balaban J connectivity index is 1.68. The number of β-lactam (4-membered cyclic amide) rings is 1. The van der Waals surface area contributed by atoms with Crippen molar-refractivity contribution in [3.8, 4) is 0 Å². The van der Waals surface area contributed by atoms with Gasteiger partial charge in [-0.05, 0) is 17.7 Å². The van der Waals surface area contributed by atoms with E-state index in [-0.39, 0.29) is 34.9 Å². The summed E-state index contributed by atoms with van der Waals surface area (Å²) in [6, 6.07) is 4.82. The fourth-order valence-electron chi connectivity index (χ4n) is 2.42. The Morgan fingerprint density at radius 3 is 2.75 bits per heavy atom. The third-order valence-electron chi connectivity index (χ3n) is 3.70. The van der Waals surface area contributed by atoms with E-state index in [2.05, 4.69) is 0 Å². The van der Waals surface area contributed by atoms with Crippen LogP contribution in [0.5, 0.6) is 0 Å². The summed E-state index contributed by atoms with van der Waals surface area (Å²) in [5, 5.41) is 20.1. The molecule has 0 saturated carbocycles. The molecule has 0 aromatic heterocycles. The molecule has 0 radical (unpaired) electrons. The number of hydrogen-bond acceptors (Lipinski definition) is 8. The van der Waals surface area contributed by atoms with Gasteiger partial charge in [0.2, 0.25) is 5.91 Å². The van der Waals surface area contributed by atoms with E-state index in [9.17, 15) is 24.8 Å². The molecule has 0 bridgehead atoms. The van der Waals surface area contributed by atoms with E-state index in [1.807, 2.05) is 0 Å². The van der Waals surface area contributed by atoms with Gasteiger partial charge in [0.05, 0.1) is 10.7 Å². The number of carbonyl (C=O) groups excluding carboxylic acids is 2. The normalized spacial score (nSPS) is 22.7. The Hall–Kier alpha value is -2.59. The van der Waals surface area contributed by atoms with E-state index in [1.54, 1.807) is 0 Å². The highest BCUT2D eigenvalue weighted by atomic mass is 32.2. The molecule has 1 unspecified atom stereocenters. The molecular formula is C14H13N3O6S. The lowest BCUT2D eigenvalue weighted by atomic mass is 10.1. The predicted octanol–water partition coefficient (Wildman–Crippen LogP) is 0.650. The minimum Gasteiger partial charge on any atom is -0.509 e. The molecule has 3 rings (SSSR count). The quantitative estimate of drug-likeness (QED) is 0.349. The number of aliphatic hydroxyl groups is 1. The van der Waals surface area contributed by atoms with Gasteiger partial charge in [0.15, 0.2) is 5.70 Å². The van der Waals surface area contributed by atoms with Crippen LogP contribution >= 0.6 is 11.8 Å². The van der Waals surface area contributed by atoms with Crippen LogP contribution in [0.25, 0.3) is 0 Å². The minimum absolute atomic E-state index is 0.0715. The third kappa shape index (κ3) is 2.69.